The third kappa shape index (κ3) is 3.18. The van der Waals surface area contributed by atoms with E-state index in [1.165, 1.54) is 0 Å². The molecule has 1 aromatic carbocycles. The molecule has 0 bridgehead atoms. The molecule has 3 heterocycles. The van der Waals surface area contributed by atoms with Crippen molar-refractivity contribution < 1.29 is 9.32 Å². The van der Waals surface area contributed by atoms with Crippen LogP contribution in [0.2, 0.25) is 0 Å². The van der Waals surface area contributed by atoms with Crippen molar-refractivity contribution in [1.29, 1.82) is 0 Å². The topological polar surface area (TPSA) is 97.0 Å². The number of aromatic nitrogens is 4. The average molecular weight is 336 g/mol. The van der Waals surface area contributed by atoms with E-state index < -0.39 is 0 Å². The normalized spacial score (nSPS) is 14.2. The highest BCUT2D eigenvalue weighted by Gasteiger charge is 2.36. The standard InChI is InChI=1S/C17H16N6O2/c1-11-3-5-13(6-4-11)20-17(24)23-9-12(10-23)16-21-15(22-25-16)14-18-7-2-8-19-14/h2-8,12H,9-10H2,1H3,(H,20,24). The third-order valence-corrected chi connectivity index (χ3v) is 4.03. The van der Waals surface area contributed by atoms with Crippen molar-refractivity contribution >= 4 is 11.7 Å². The maximum Gasteiger partial charge on any atom is 0.321 e. The molecule has 1 fully saturated rings. The first-order chi connectivity index (χ1) is 12.2. The van der Waals surface area contributed by atoms with Crippen LogP contribution < -0.4 is 5.32 Å². The minimum absolute atomic E-state index is 0.0359. The Kier molecular flexibility index (Phi) is 3.85. The summed E-state index contributed by atoms with van der Waals surface area (Å²) in [5, 5.41) is 6.78. The van der Waals surface area contributed by atoms with E-state index in [4.69, 9.17) is 4.52 Å². The zero-order valence-electron chi connectivity index (χ0n) is 13.6. The van der Waals surface area contributed by atoms with Gasteiger partial charge in [0.05, 0.1) is 5.92 Å². The number of hydrogen-bond donors (Lipinski definition) is 1. The summed E-state index contributed by atoms with van der Waals surface area (Å²) in [4.78, 5) is 26.4. The van der Waals surface area contributed by atoms with E-state index >= 15 is 0 Å². The predicted octanol–water partition coefficient (Wildman–Crippen LogP) is 2.47. The van der Waals surface area contributed by atoms with E-state index in [1.54, 1.807) is 23.4 Å². The first-order valence-corrected chi connectivity index (χ1v) is 7.92. The second kappa shape index (κ2) is 6.31. The lowest BCUT2D eigenvalue weighted by Gasteiger charge is -2.36. The minimum Gasteiger partial charge on any atom is -0.338 e. The molecule has 0 atom stereocenters. The Morgan fingerprint density at radius 3 is 2.60 bits per heavy atom. The average Bonchev–Trinajstić information content (AvgIpc) is 3.06. The van der Waals surface area contributed by atoms with Gasteiger partial charge in [-0.2, -0.15) is 4.98 Å². The fraction of sp³-hybridized carbons (Fsp3) is 0.235. The van der Waals surface area contributed by atoms with Gasteiger partial charge in [0.1, 0.15) is 0 Å². The number of nitrogens with one attached hydrogen (secondary N) is 1. The number of urea groups is 1. The quantitative estimate of drug-likeness (QED) is 0.789. The van der Waals surface area contributed by atoms with Crippen molar-refractivity contribution in [2.75, 3.05) is 18.4 Å². The third-order valence-electron chi connectivity index (χ3n) is 4.03. The van der Waals surface area contributed by atoms with Gasteiger partial charge in [-0.1, -0.05) is 22.9 Å². The number of likely N-dealkylation sites (tertiary alicyclic amines) is 1. The first kappa shape index (κ1) is 15.3. The molecule has 1 aliphatic heterocycles. The van der Waals surface area contributed by atoms with Crippen LogP contribution in [0.1, 0.15) is 17.4 Å². The lowest BCUT2D eigenvalue weighted by Crippen LogP contribution is -2.50. The fourth-order valence-corrected chi connectivity index (χ4v) is 2.55. The molecule has 0 radical (unpaired) electrons. The first-order valence-electron chi connectivity index (χ1n) is 7.92. The number of aryl methyl sites for hydroxylation is 1. The highest BCUT2D eigenvalue weighted by Crippen LogP contribution is 2.27. The van der Waals surface area contributed by atoms with Gasteiger partial charge in [0.25, 0.3) is 0 Å². The zero-order valence-corrected chi connectivity index (χ0v) is 13.6. The van der Waals surface area contributed by atoms with Gasteiger partial charge in [0, 0.05) is 31.2 Å². The maximum absolute atomic E-state index is 12.2. The Morgan fingerprint density at radius 2 is 1.88 bits per heavy atom. The van der Waals surface area contributed by atoms with Crippen molar-refractivity contribution in [1.82, 2.24) is 25.0 Å². The lowest BCUT2D eigenvalue weighted by molar-refractivity contribution is 0.147. The van der Waals surface area contributed by atoms with E-state index in [0.29, 0.717) is 30.6 Å². The van der Waals surface area contributed by atoms with Crippen LogP contribution in [-0.4, -0.2) is 44.1 Å². The summed E-state index contributed by atoms with van der Waals surface area (Å²) >= 11 is 0. The highest BCUT2D eigenvalue weighted by atomic mass is 16.5. The zero-order chi connectivity index (χ0) is 17.2. The number of carbonyl (C=O) groups is 1. The van der Waals surface area contributed by atoms with Gasteiger partial charge >= 0.3 is 6.03 Å². The van der Waals surface area contributed by atoms with E-state index in [-0.39, 0.29) is 11.9 Å². The van der Waals surface area contributed by atoms with Gasteiger partial charge in [-0.15, -0.1) is 0 Å². The summed E-state index contributed by atoms with van der Waals surface area (Å²) in [6.45, 7) is 3.08. The largest absolute Gasteiger partial charge is 0.338 e. The van der Waals surface area contributed by atoms with Crippen LogP contribution in [0.3, 0.4) is 0 Å². The van der Waals surface area contributed by atoms with Gasteiger partial charge in [-0.05, 0) is 25.1 Å². The van der Waals surface area contributed by atoms with E-state index in [9.17, 15) is 4.79 Å². The smallest absolute Gasteiger partial charge is 0.321 e. The van der Waals surface area contributed by atoms with Crippen LogP contribution in [0.5, 0.6) is 0 Å². The molecule has 0 unspecified atom stereocenters. The van der Waals surface area contributed by atoms with Crippen molar-refractivity contribution in [3.63, 3.8) is 0 Å². The van der Waals surface area contributed by atoms with Crippen LogP contribution >= 0.6 is 0 Å². The predicted molar refractivity (Wildman–Crippen MR) is 89.8 cm³/mol. The molecule has 2 amide bonds. The molecule has 1 N–H and O–H groups in total. The number of benzene rings is 1. The molecule has 1 aliphatic rings. The van der Waals surface area contributed by atoms with Crippen molar-refractivity contribution in [3.05, 3.63) is 54.2 Å². The van der Waals surface area contributed by atoms with E-state index in [2.05, 4.69) is 25.4 Å². The number of nitrogens with zero attached hydrogens (tertiary/aromatic N) is 5. The van der Waals surface area contributed by atoms with Crippen LogP contribution in [0.25, 0.3) is 11.6 Å². The van der Waals surface area contributed by atoms with Crippen molar-refractivity contribution in [2.24, 2.45) is 0 Å². The minimum atomic E-state index is -0.133. The molecule has 2 aromatic heterocycles. The lowest BCUT2D eigenvalue weighted by atomic mass is 10.0. The van der Waals surface area contributed by atoms with Crippen LogP contribution in [-0.2, 0) is 0 Å². The summed E-state index contributed by atoms with van der Waals surface area (Å²) in [5.41, 5.74) is 1.93. The fourth-order valence-electron chi connectivity index (χ4n) is 2.55. The molecule has 0 saturated carbocycles. The Hall–Kier alpha value is -3.29. The molecular formula is C17H16N6O2. The summed E-state index contributed by atoms with van der Waals surface area (Å²) in [6, 6.07) is 9.27. The van der Waals surface area contributed by atoms with Crippen LogP contribution in [0.4, 0.5) is 10.5 Å². The molecule has 3 aromatic rings. The molecule has 1 saturated heterocycles. The molecule has 126 valence electrons. The Morgan fingerprint density at radius 1 is 1.16 bits per heavy atom. The molecular weight excluding hydrogens is 320 g/mol. The van der Waals surface area contributed by atoms with Crippen LogP contribution in [0.15, 0.2) is 47.2 Å². The number of carbonyl (C=O) groups excluding carboxylic acids is 1. The number of rotatable bonds is 3. The monoisotopic (exact) mass is 336 g/mol. The molecule has 0 aliphatic carbocycles. The van der Waals surface area contributed by atoms with Crippen molar-refractivity contribution in [3.8, 4) is 11.6 Å². The number of hydrogen-bond acceptors (Lipinski definition) is 6. The molecule has 25 heavy (non-hydrogen) atoms. The second-order valence-corrected chi connectivity index (χ2v) is 5.93. The SMILES string of the molecule is Cc1ccc(NC(=O)N2CC(c3nc(-c4ncccn4)no3)C2)cc1. The summed E-state index contributed by atoms with van der Waals surface area (Å²) in [7, 11) is 0. The van der Waals surface area contributed by atoms with Gasteiger partial charge in [0.15, 0.2) is 0 Å². The molecule has 0 spiro atoms. The maximum atomic E-state index is 12.2. The Labute approximate surface area is 143 Å². The molecule has 8 nitrogen and oxygen atoms in total. The van der Waals surface area contributed by atoms with Gasteiger partial charge < -0.3 is 14.7 Å². The molecule has 8 heteroatoms. The Balaban J connectivity index is 1.35. The number of anilines is 1. The second-order valence-electron chi connectivity index (χ2n) is 5.93. The summed E-state index contributed by atoms with van der Waals surface area (Å²) in [6.07, 6.45) is 3.25. The molecule has 4 rings (SSSR count). The van der Waals surface area contributed by atoms with Crippen LogP contribution in [0, 0.1) is 6.92 Å². The Bertz CT molecular complexity index is 872. The summed E-state index contributed by atoms with van der Waals surface area (Å²) in [5.74, 6) is 1.32. The van der Waals surface area contributed by atoms with E-state index in [1.807, 2.05) is 31.2 Å². The van der Waals surface area contributed by atoms with Gasteiger partial charge in [-0.25, -0.2) is 14.8 Å². The van der Waals surface area contributed by atoms with Gasteiger partial charge in [-0.3, -0.25) is 0 Å². The summed E-state index contributed by atoms with van der Waals surface area (Å²) < 4.78 is 5.28. The number of amides is 2. The highest BCUT2D eigenvalue weighted by molar-refractivity contribution is 5.90. The van der Waals surface area contributed by atoms with Gasteiger partial charge in [0.2, 0.25) is 17.5 Å². The van der Waals surface area contributed by atoms with E-state index in [0.717, 1.165) is 11.3 Å². The van der Waals surface area contributed by atoms with Crippen molar-refractivity contribution in [2.45, 2.75) is 12.8 Å².